The van der Waals surface area contributed by atoms with E-state index in [1.165, 1.54) is 31.2 Å². The second-order valence-electron chi connectivity index (χ2n) is 7.46. The van der Waals surface area contributed by atoms with E-state index in [-0.39, 0.29) is 12.5 Å². The van der Waals surface area contributed by atoms with Crippen LogP contribution in [0.4, 0.5) is 5.69 Å². The fourth-order valence-electron chi connectivity index (χ4n) is 2.81. The summed E-state index contributed by atoms with van der Waals surface area (Å²) in [6, 6.07) is 10.3. The topological polar surface area (TPSA) is 195 Å². The summed E-state index contributed by atoms with van der Waals surface area (Å²) in [5.41, 5.74) is 8.73. The van der Waals surface area contributed by atoms with Crippen molar-refractivity contribution in [2.24, 2.45) is 10.7 Å². The molecule has 2 aromatic rings. The van der Waals surface area contributed by atoms with E-state index in [1.807, 2.05) is 0 Å². The summed E-state index contributed by atoms with van der Waals surface area (Å²) in [5, 5.41) is 23.6. The van der Waals surface area contributed by atoms with E-state index in [0.717, 1.165) is 5.56 Å². The average molecular weight is 527 g/mol. The molecular formula is C21H27ClN6O6S. The van der Waals surface area contributed by atoms with Crippen LogP contribution in [0.5, 0.6) is 0 Å². The number of aliphatic hydroxyl groups is 1. The van der Waals surface area contributed by atoms with Gasteiger partial charge in [-0.2, -0.15) is 0 Å². The van der Waals surface area contributed by atoms with Gasteiger partial charge in [0.2, 0.25) is 27.8 Å². The largest absolute Gasteiger partial charge is 0.394 e. The zero-order chi connectivity index (χ0) is 26.0. The van der Waals surface area contributed by atoms with Crippen LogP contribution >= 0.6 is 11.6 Å². The SMILES string of the molecule is CC(NC(=O)[C@@H](CO)NS(=O)(=O)Cc1ccc(Cl)cc1)C(=O)NCc1ccc(N=C(N)NO)cc1. The van der Waals surface area contributed by atoms with Crippen molar-refractivity contribution in [2.75, 3.05) is 6.61 Å². The zero-order valence-corrected chi connectivity index (χ0v) is 20.3. The summed E-state index contributed by atoms with van der Waals surface area (Å²) in [6.45, 7) is 0.769. The van der Waals surface area contributed by atoms with Crippen molar-refractivity contribution < 1.29 is 28.3 Å². The quantitative estimate of drug-likeness (QED) is 0.119. The van der Waals surface area contributed by atoms with Gasteiger partial charge in [0.05, 0.1) is 18.0 Å². The minimum absolute atomic E-state index is 0.147. The highest BCUT2D eigenvalue weighted by Crippen LogP contribution is 2.13. The third-order valence-electron chi connectivity index (χ3n) is 4.61. The van der Waals surface area contributed by atoms with Crippen LogP contribution < -0.4 is 26.6 Å². The second kappa shape index (κ2) is 13.0. The molecule has 2 amide bonds. The van der Waals surface area contributed by atoms with Gasteiger partial charge in [-0.05, 0) is 42.3 Å². The van der Waals surface area contributed by atoms with Crippen molar-refractivity contribution in [3.8, 4) is 0 Å². The summed E-state index contributed by atoms with van der Waals surface area (Å²) < 4.78 is 26.9. The Balaban J connectivity index is 1.88. The van der Waals surface area contributed by atoms with Gasteiger partial charge in [0, 0.05) is 11.6 Å². The van der Waals surface area contributed by atoms with E-state index in [1.54, 1.807) is 29.7 Å². The molecule has 0 saturated carbocycles. The van der Waals surface area contributed by atoms with Gasteiger partial charge < -0.3 is 21.5 Å². The minimum atomic E-state index is -3.97. The van der Waals surface area contributed by atoms with Crippen molar-refractivity contribution in [2.45, 2.75) is 31.3 Å². The molecule has 0 bridgehead atoms. The number of halogens is 1. The molecule has 0 aromatic heterocycles. The molecular weight excluding hydrogens is 500 g/mol. The Morgan fingerprint density at radius 1 is 1.06 bits per heavy atom. The van der Waals surface area contributed by atoms with E-state index >= 15 is 0 Å². The Kier molecular flexibility index (Phi) is 10.4. The van der Waals surface area contributed by atoms with Gasteiger partial charge in [-0.1, -0.05) is 35.9 Å². The van der Waals surface area contributed by atoms with Gasteiger partial charge >= 0.3 is 0 Å². The highest BCUT2D eigenvalue weighted by Gasteiger charge is 2.26. The fraction of sp³-hybridized carbons (Fsp3) is 0.286. The summed E-state index contributed by atoms with van der Waals surface area (Å²) in [5.74, 6) is -1.97. The molecule has 190 valence electrons. The first-order valence-electron chi connectivity index (χ1n) is 10.3. The van der Waals surface area contributed by atoms with Crippen LogP contribution in [0.3, 0.4) is 0 Å². The Bertz CT molecular complexity index is 1140. The number of rotatable bonds is 11. The molecule has 0 saturated heterocycles. The molecule has 0 aliphatic carbocycles. The van der Waals surface area contributed by atoms with Gasteiger partial charge in [0.1, 0.15) is 12.1 Å². The third kappa shape index (κ3) is 9.50. The average Bonchev–Trinajstić information content (AvgIpc) is 2.82. The van der Waals surface area contributed by atoms with Gasteiger partial charge in [-0.25, -0.2) is 23.6 Å². The predicted molar refractivity (Wildman–Crippen MR) is 130 cm³/mol. The first-order valence-corrected chi connectivity index (χ1v) is 12.3. The summed E-state index contributed by atoms with van der Waals surface area (Å²) >= 11 is 5.79. The number of hydrogen-bond donors (Lipinski definition) is 7. The van der Waals surface area contributed by atoms with E-state index in [0.29, 0.717) is 16.3 Å². The molecule has 1 unspecified atom stereocenters. The smallest absolute Gasteiger partial charge is 0.242 e. The van der Waals surface area contributed by atoms with E-state index in [9.17, 15) is 23.1 Å². The van der Waals surface area contributed by atoms with Crippen LogP contribution in [-0.2, 0) is 31.9 Å². The number of hydroxylamine groups is 1. The molecule has 12 nitrogen and oxygen atoms in total. The number of amides is 2. The highest BCUT2D eigenvalue weighted by molar-refractivity contribution is 7.88. The van der Waals surface area contributed by atoms with Gasteiger partial charge in [0.25, 0.3) is 0 Å². The Morgan fingerprint density at radius 2 is 1.66 bits per heavy atom. The molecule has 0 fully saturated rings. The molecule has 0 heterocycles. The van der Waals surface area contributed by atoms with E-state index in [4.69, 9.17) is 22.5 Å². The van der Waals surface area contributed by atoms with Gasteiger partial charge in [0.15, 0.2) is 0 Å². The summed E-state index contributed by atoms with van der Waals surface area (Å²) in [6.07, 6.45) is 0. The van der Waals surface area contributed by atoms with E-state index < -0.39 is 46.3 Å². The van der Waals surface area contributed by atoms with Crippen LogP contribution in [0.25, 0.3) is 0 Å². The van der Waals surface area contributed by atoms with Crippen LogP contribution in [0.1, 0.15) is 18.1 Å². The maximum absolute atomic E-state index is 12.4. The lowest BCUT2D eigenvalue weighted by Gasteiger charge is -2.19. The van der Waals surface area contributed by atoms with Crippen molar-refractivity contribution in [1.29, 1.82) is 0 Å². The normalized spacial score (nSPS) is 13.5. The Labute approximate surface area is 207 Å². The molecule has 0 radical (unpaired) electrons. The lowest BCUT2D eigenvalue weighted by molar-refractivity contribution is -0.130. The number of nitrogens with two attached hydrogens (primary N) is 1. The number of aliphatic imine (C=N–C) groups is 1. The number of carbonyl (C=O) groups excluding carboxylic acids is 2. The minimum Gasteiger partial charge on any atom is -0.394 e. The maximum atomic E-state index is 12.4. The molecule has 2 aromatic carbocycles. The third-order valence-corrected chi connectivity index (χ3v) is 6.22. The van der Waals surface area contributed by atoms with Crippen LogP contribution in [0.2, 0.25) is 5.02 Å². The zero-order valence-electron chi connectivity index (χ0n) is 18.7. The summed E-state index contributed by atoms with van der Waals surface area (Å²) in [4.78, 5) is 28.7. The Hall–Kier alpha value is -3.23. The number of guanidine groups is 1. The van der Waals surface area contributed by atoms with Crippen molar-refractivity contribution in [1.82, 2.24) is 20.8 Å². The van der Waals surface area contributed by atoms with Crippen molar-refractivity contribution >= 4 is 45.1 Å². The molecule has 8 N–H and O–H groups in total. The molecule has 0 aliphatic heterocycles. The van der Waals surface area contributed by atoms with Crippen molar-refractivity contribution in [3.05, 3.63) is 64.7 Å². The number of aliphatic hydroxyl groups excluding tert-OH is 1. The Morgan fingerprint density at radius 3 is 2.23 bits per heavy atom. The monoisotopic (exact) mass is 526 g/mol. The fourth-order valence-corrected chi connectivity index (χ4v) is 4.26. The highest BCUT2D eigenvalue weighted by atomic mass is 35.5. The van der Waals surface area contributed by atoms with Crippen LogP contribution in [0.15, 0.2) is 53.5 Å². The number of hydrogen-bond acceptors (Lipinski definition) is 7. The molecule has 14 heteroatoms. The lowest BCUT2D eigenvalue weighted by Crippen LogP contribution is -2.54. The number of nitrogens with zero attached hydrogens (tertiary/aromatic N) is 1. The summed E-state index contributed by atoms with van der Waals surface area (Å²) in [7, 11) is -3.97. The van der Waals surface area contributed by atoms with Crippen LogP contribution in [0, 0.1) is 0 Å². The molecule has 35 heavy (non-hydrogen) atoms. The first-order chi connectivity index (χ1) is 16.5. The number of sulfonamides is 1. The molecule has 0 aliphatic rings. The first kappa shape index (κ1) is 28.0. The number of benzene rings is 2. The molecule has 2 rings (SSSR count). The van der Waals surface area contributed by atoms with Gasteiger partial charge in [-0.3, -0.25) is 14.8 Å². The maximum Gasteiger partial charge on any atom is 0.242 e. The van der Waals surface area contributed by atoms with Crippen LogP contribution in [-0.4, -0.2) is 55.2 Å². The van der Waals surface area contributed by atoms with Gasteiger partial charge in [-0.15, -0.1) is 0 Å². The van der Waals surface area contributed by atoms with E-state index in [2.05, 4.69) is 20.3 Å². The number of nitrogens with one attached hydrogen (secondary N) is 4. The molecule has 0 spiro atoms. The van der Waals surface area contributed by atoms with Crippen molar-refractivity contribution in [3.63, 3.8) is 0 Å². The lowest BCUT2D eigenvalue weighted by atomic mass is 10.2. The predicted octanol–water partition coefficient (Wildman–Crippen LogP) is -0.134. The second-order valence-corrected chi connectivity index (χ2v) is 9.65. The molecule has 2 atom stereocenters. The standard InChI is InChI=1S/C21H27ClN6O6S/c1-13(19(30)24-10-14-4-8-17(9-5-14)26-21(23)27-32)25-20(31)18(11-29)28-35(33,34)12-15-2-6-16(22)7-3-15/h2-9,13,18,28-29,32H,10-12H2,1H3,(H,24,30)(H,25,31)(H3,23,26,27)/t13?,18-/m1/s1. The number of carbonyl (C=O) groups is 2.